The van der Waals surface area contributed by atoms with Crippen LogP contribution in [0.5, 0.6) is 5.75 Å². The Balaban J connectivity index is 1.93. The summed E-state index contributed by atoms with van der Waals surface area (Å²) in [6.07, 6.45) is 2.51. The highest BCUT2D eigenvalue weighted by Crippen LogP contribution is 2.24. The first kappa shape index (κ1) is 15.8. The van der Waals surface area contributed by atoms with E-state index in [2.05, 4.69) is 48.1 Å². The van der Waals surface area contributed by atoms with Gasteiger partial charge in [-0.1, -0.05) is 15.9 Å². The van der Waals surface area contributed by atoms with Crippen molar-refractivity contribution in [2.75, 3.05) is 13.2 Å². The Morgan fingerprint density at radius 1 is 1.40 bits per heavy atom. The lowest BCUT2D eigenvalue weighted by Gasteiger charge is -2.21. The van der Waals surface area contributed by atoms with Crippen molar-refractivity contribution in [3.8, 4) is 5.75 Å². The van der Waals surface area contributed by atoms with Crippen LogP contribution < -0.4 is 10.1 Å². The van der Waals surface area contributed by atoms with E-state index in [0.717, 1.165) is 36.2 Å². The average molecular weight is 342 g/mol. The van der Waals surface area contributed by atoms with Gasteiger partial charge in [-0.2, -0.15) is 0 Å². The summed E-state index contributed by atoms with van der Waals surface area (Å²) in [7, 11) is 0. The molecule has 112 valence electrons. The highest BCUT2D eigenvalue weighted by Gasteiger charge is 2.16. The Bertz CT molecular complexity index is 437. The molecule has 0 aromatic heterocycles. The lowest BCUT2D eigenvalue weighted by molar-refractivity contribution is 0.0679. The molecular weight excluding hydrogens is 318 g/mol. The molecule has 1 fully saturated rings. The van der Waals surface area contributed by atoms with Crippen LogP contribution in [0.4, 0.5) is 0 Å². The molecule has 1 N–H and O–H groups in total. The molecule has 0 saturated carbocycles. The zero-order chi connectivity index (χ0) is 14.6. The number of hydrogen-bond donors (Lipinski definition) is 1. The quantitative estimate of drug-likeness (QED) is 0.881. The number of halogens is 1. The lowest BCUT2D eigenvalue weighted by Crippen LogP contribution is -2.35. The molecule has 0 amide bonds. The number of ether oxygens (including phenoxy) is 2. The molecule has 1 aromatic rings. The van der Waals surface area contributed by atoms with Crippen LogP contribution in [0.1, 0.15) is 39.2 Å². The monoisotopic (exact) mass is 341 g/mol. The average Bonchev–Trinajstić information content (AvgIpc) is 2.88. The summed E-state index contributed by atoms with van der Waals surface area (Å²) in [4.78, 5) is 0. The van der Waals surface area contributed by atoms with Gasteiger partial charge in [-0.25, -0.2) is 0 Å². The van der Waals surface area contributed by atoms with Crippen LogP contribution in [-0.4, -0.2) is 24.9 Å². The van der Waals surface area contributed by atoms with E-state index in [1.165, 1.54) is 5.56 Å². The molecule has 1 saturated heterocycles. The zero-order valence-electron chi connectivity index (χ0n) is 12.5. The normalized spacial score (nSPS) is 19.3. The first-order chi connectivity index (χ1) is 9.44. The highest BCUT2D eigenvalue weighted by atomic mass is 79.9. The van der Waals surface area contributed by atoms with Crippen molar-refractivity contribution in [1.82, 2.24) is 5.32 Å². The van der Waals surface area contributed by atoms with Crippen molar-refractivity contribution in [2.24, 2.45) is 0 Å². The molecule has 4 heteroatoms. The van der Waals surface area contributed by atoms with Gasteiger partial charge in [0.15, 0.2) is 0 Å². The molecule has 0 spiro atoms. The number of rotatable bonds is 5. The summed E-state index contributed by atoms with van der Waals surface area (Å²) in [5.74, 6) is 0.911. The standard InChI is InChI=1S/C16H24BrNO2/c1-16(2,3)18-10-12-9-13(6-7-15(12)17)20-11-14-5-4-8-19-14/h6-7,9,14,18H,4-5,8,10-11H2,1-3H3. The van der Waals surface area contributed by atoms with E-state index in [-0.39, 0.29) is 11.6 Å². The first-order valence-corrected chi connectivity index (χ1v) is 8.01. The fourth-order valence-corrected chi connectivity index (χ4v) is 2.49. The Kier molecular flexibility index (Phi) is 5.47. The molecule has 1 heterocycles. The number of nitrogens with one attached hydrogen (secondary N) is 1. The second-order valence-electron chi connectivity index (χ2n) is 6.30. The maximum Gasteiger partial charge on any atom is 0.119 e. The Labute approximate surface area is 130 Å². The topological polar surface area (TPSA) is 30.5 Å². The molecule has 1 unspecified atom stereocenters. The predicted octanol–water partition coefficient (Wildman–Crippen LogP) is 3.90. The van der Waals surface area contributed by atoms with Crippen LogP contribution in [0.25, 0.3) is 0 Å². The van der Waals surface area contributed by atoms with Gasteiger partial charge in [0.25, 0.3) is 0 Å². The van der Waals surface area contributed by atoms with Crippen molar-refractivity contribution in [3.05, 3.63) is 28.2 Å². The summed E-state index contributed by atoms with van der Waals surface area (Å²) in [6, 6.07) is 6.14. The predicted molar refractivity (Wildman–Crippen MR) is 85.2 cm³/mol. The minimum atomic E-state index is 0.105. The van der Waals surface area contributed by atoms with Crippen LogP contribution in [0.15, 0.2) is 22.7 Å². The molecule has 2 rings (SSSR count). The van der Waals surface area contributed by atoms with Crippen LogP contribution in [0.3, 0.4) is 0 Å². The second kappa shape index (κ2) is 6.92. The summed E-state index contributed by atoms with van der Waals surface area (Å²) in [5, 5.41) is 3.49. The van der Waals surface area contributed by atoms with Gasteiger partial charge in [0, 0.05) is 23.2 Å². The fraction of sp³-hybridized carbons (Fsp3) is 0.625. The van der Waals surface area contributed by atoms with Crippen molar-refractivity contribution < 1.29 is 9.47 Å². The first-order valence-electron chi connectivity index (χ1n) is 7.22. The van der Waals surface area contributed by atoms with Gasteiger partial charge in [0.1, 0.15) is 12.4 Å². The molecule has 1 atom stereocenters. The molecule has 0 aliphatic carbocycles. The maximum atomic E-state index is 5.84. The van der Waals surface area contributed by atoms with Gasteiger partial charge in [-0.3, -0.25) is 0 Å². The van der Waals surface area contributed by atoms with Gasteiger partial charge in [0.05, 0.1) is 6.10 Å². The van der Waals surface area contributed by atoms with Gasteiger partial charge in [-0.05, 0) is 57.4 Å². The largest absolute Gasteiger partial charge is 0.491 e. The van der Waals surface area contributed by atoms with E-state index >= 15 is 0 Å². The Morgan fingerprint density at radius 2 is 2.20 bits per heavy atom. The third kappa shape index (κ3) is 5.08. The second-order valence-corrected chi connectivity index (χ2v) is 7.16. The third-order valence-electron chi connectivity index (χ3n) is 3.29. The highest BCUT2D eigenvalue weighted by molar-refractivity contribution is 9.10. The maximum absolute atomic E-state index is 5.84. The minimum absolute atomic E-state index is 0.105. The van der Waals surface area contributed by atoms with Crippen LogP contribution >= 0.6 is 15.9 Å². The van der Waals surface area contributed by atoms with Crippen LogP contribution in [0.2, 0.25) is 0 Å². The number of benzene rings is 1. The van der Waals surface area contributed by atoms with Crippen LogP contribution in [-0.2, 0) is 11.3 Å². The molecule has 1 aromatic carbocycles. The molecule has 3 nitrogen and oxygen atoms in total. The summed E-state index contributed by atoms with van der Waals surface area (Å²) in [6.45, 7) is 8.83. The third-order valence-corrected chi connectivity index (χ3v) is 4.06. The van der Waals surface area contributed by atoms with Crippen molar-refractivity contribution in [1.29, 1.82) is 0 Å². The van der Waals surface area contributed by atoms with E-state index < -0.39 is 0 Å². The molecular formula is C16H24BrNO2. The molecule has 1 aliphatic heterocycles. The van der Waals surface area contributed by atoms with Crippen molar-refractivity contribution in [3.63, 3.8) is 0 Å². The van der Waals surface area contributed by atoms with E-state index in [0.29, 0.717) is 6.61 Å². The Morgan fingerprint density at radius 3 is 2.85 bits per heavy atom. The van der Waals surface area contributed by atoms with Gasteiger partial charge >= 0.3 is 0 Å². The lowest BCUT2D eigenvalue weighted by atomic mass is 10.1. The van der Waals surface area contributed by atoms with Gasteiger partial charge in [-0.15, -0.1) is 0 Å². The molecule has 1 aliphatic rings. The summed E-state index contributed by atoms with van der Waals surface area (Å²) < 4.78 is 12.5. The summed E-state index contributed by atoms with van der Waals surface area (Å²) in [5.41, 5.74) is 1.32. The van der Waals surface area contributed by atoms with E-state index in [4.69, 9.17) is 9.47 Å². The molecule has 0 radical (unpaired) electrons. The number of hydrogen-bond acceptors (Lipinski definition) is 3. The van der Waals surface area contributed by atoms with E-state index in [9.17, 15) is 0 Å². The van der Waals surface area contributed by atoms with Gasteiger partial charge < -0.3 is 14.8 Å². The van der Waals surface area contributed by atoms with E-state index in [1.54, 1.807) is 0 Å². The van der Waals surface area contributed by atoms with Crippen molar-refractivity contribution in [2.45, 2.75) is 51.8 Å². The minimum Gasteiger partial charge on any atom is -0.491 e. The summed E-state index contributed by atoms with van der Waals surface area (Å²) >= 11 is 3.60. The zero-order valence-corrected chi connectivity index (χ0v) is 14.1. The smallest absolute Gasteiger partial charge is 0.119 e. The van der Waals surface area contributed by atoms with Gasteiger partial charge in [0.2, 0.25) is 0 Å². The Hall–Kier alpha value is -0.580. The fourth-order valence-electron chi connectivity index (χ4n) is 2.10. The molecule has 0 bridgehead atoms. The van der Waals surface area contributed by atoms with E-state index in [1.807, 2.05) is 12.1 Å². The molecule has 20 heavy (non-hydrogen) atoms. The van der Waals surface area contributed by atoms with Crippen LogP contribution in [0, 0.1) is 0 Å². The van der Waals surface area contributed by atoms with Crippen molar-refractivity contribution >= 4 is 15.9 Å². The SMILES string of the molecule is CC(C)(C)NCc1cc(OCC2CCCO2)ccc1Br.